The fourth-order valence-corrected chi connectivity index (χ4v) is 4.61. The number of nitrogens with zero attached hydrogens (tertiary/aromatic N) is 2. The molecule has 136 valence electrons. The Bertz CT molecular complexity index is 990. The van der Waals surface area contributed by atoms with E-state index in [-0.39, 0.29) is 10.9 Å². The molecule has 2 aliphatic heterocycles. The Morgan fingerprint density at radius 2 is 1.92 bits per heavy atom. The van der Waals surface area contributed by atoms with Gasteiger partial charge in [-0.15, -0.1) is 4.57 Å². The maximum absolute atomic E-state index is 12.1. The van der Waals surface area contributed by atoms with E-state index in [0.717, 1.165) is 17.8 Å². The molecule has 3 heterocycles. The van der Waals surface area contributed by atoms with Crippen LogP contribution in [0, 0.1) is 0 Å². The summed E-state index contributed by atoms with van der Waals surface area (Å²) in [6.45, 7) is 3.71. The standard InChI is InChI=1S/C18H21N3O4S/c1-18-20-10-3-2-4-15(20)12-21(18,13-17(22)25-18)11-9-14-5-7-16(8-6-14)26(19,23)24/h2-8,10H,9,11-13H2,1H3,(H2,19,23,24)/q+2. The molecule has 2 aromatic rings. The number of pyridine rings is 1. The molecule has 26 heavy (non-hydrogen) atoms. The molecule has 1 aromatic heterocycles. The topological polar surface area (TPSA) is 90.3 Å². The van der Waals surface area contributed by atoms with E-state index in [1.165, 1.54) is 12.1 Å². The number of carbonyl (C=O) groups is 1. The third-order valence-electron chi connectivity index (χ3n) is 5.56. The summed E-state index contributed by atoms with van der Waals surface area (Å²) < 4.78 is 31.1. The second-order valence-corrected chi connectivity index (χ2v) is 8.66. The summed E-state index contributed by atoms with van der Waals surface area (Å²) in [5.41, 5.74) is 2.12. The molecule has 8 heteroatoms. The minimum Gasteiger partial charge on any atom is -0.348 e. The van der Waals surface area contributed by atoms with Crippen LogP contribution in [0.5, 0.6) is 0 Å². The van der Waals surface area contributed by atoms with Crippen molar-refractivity contribution in [2.75, 3.05) is 13.1 Å². The molecule has 0 bridgehead atoms. The number of carbonyl (C=O) groups excluding carboxylic acids is 1. The largest absolute Gasteiger partial charge is 0.453 e. The zero-order valence-corrected chi connectivity index (χ0v) is 15.3. The van der Waals surface area contributed by atoms with Crippen LogP contribution in [-0.4, -0.2) is 32.0 Å². The van der Waals surface area contributed by atoms with Crippen LogP contribution in [0.4, 0.5) is 0 Å². The van der Waals surface area contributed by atoms with Gasteiger partial charge in [0.1, 0.15) is 6.92 Å². The van der Waals surface area contributed by atoms with Gasteiger partial charge in [0.05, 0.1) is 11.4 Å². The molecule has 1 saturated heterocycles. The minimum absolute atomic E-state index is 0.0990. The van der Waals surface area contributed by atoms with E-state index < -0.39 is 15.9 Å². The Morgan fingerprint density at radius 1 is 1.19 bits per heavy atom. The van der Waals surface area contributed by atoms with Crippen LogP contribution in [0.1, 0.15) is 18.2 Å². The highest BCUT2D eigenvalue weighted by atomic mass is 32.2. The predicted molar refractivity (Wildman–Crippen MR) is 91.6 cm³/mol. The van der Waals surface area contributed by atoms with E-state index >= 15 is 0 Å². The first kappa shape index (κ1) is 17.1. The average molecular weight is 375 g/mol. The van der Waals surface area contributed by atoms with Crippen LogP contribution in [-0.2, 0) is 38.4 Å². The molecule has 7 nitrogen and oxygen atoms in total. The predicted octanol–water partition coefficient (Wildman–Crippen LogP) is 0.382. The Labute approximate surface area is 152 Å². The number of quaternary nitrogens is 1. The fourth-order valence-electron chi connectivity index (χ4n) is 4.10. The number of hydrogen-bond donors (Lipinski definition) is 1. The van der Waals surface area contributed by atoms with Gasteiger partial charge in [-0.1, -0.05) is 12.1 Å². The van der Waals surface area contributed by atoms with Crippen LogP contribution in [0.25, 0.3) is 0 Å². The molecule has 0 amide bonds. The molecule has 2 atom stereocenters. The molecular formula is C18H21N3O4S+2. The van der Waals surface area contributed by atoms with Crippen LogP contribution in [0.2, 0.25) is 0 Å². The number of nitrogens with two attached hydrogens (primary N) is 1. The van der Waals surface area contributed by atoms with Gasteiger partial charge in [0.25, 0.3) is 0 Å². The summed E-state index contributed by atoms with van der Waals surface area (Å²) in [6.07, 6.45) is 2.65. The molecule has 0 aliphatic carbocycles. The van der Waals surface area contributed by atoms with Crippen molar-refractivity contribution in [2.24, 2.45) is 5.14 Å². The van der Waals surface area contributed by atoms with Gasteiger partial charge >= 0.3 is 11.8 Å². The van der Waals surface area contributed by atoms with E-state index in [1.54, 1.807) is 12.1 Å². The second kappa shape index (κ2) is 5.60. The fraction of sp³-hybridized carbons (Fsp3) is 0.333. The number of sulfonamides is 1. The normalized spacial score (nSPS) is 27.1. The molecule has 2 aliphatic rings. The number of esters is 1. The maximum atomic E-state index is 12.1. The second-order valence-electron chi connectivity index (χ2n) is 7.09. The number of fused-ring (bicyclic) bond motifs is 3. The number of primary sulfonamides is 1. The van der Waals surface area contributed by atoms with Crippen molar-refractivity contribution in [1.29, 1.82) is 0 Å². The monoisotopic (exact) mass is 375 g/mol. The molecular weight excluding hydrogens is 354 g/mol. The van der Waals surface area contributed by atoms with E-state index in [2.05, 4.69) is 6.07 Å². The summed E-state index contributed by atoms with van der Waals surface area (Å²) >= 11 is 0. The van der Waals surface area contributed by atoms with Crippen molar-refractivity contribution < 1.29 is 27.0 Å². The number of benzene rings is 1. The first-order valence-electron chi connectivity index (χ1n) is 8.43. The van der Waals surface area contributed by atoms with Gasteiger partial charge < -0.3 is 4.74 Å². The smallest absolute Gasteiger partial charge is 0.348 e. The SMILES string of the molecule is CC12OC(=O)C[N+]1(CCc1ccc(S(N)(=O)=O)cc1)Cc1cccc[n+]12. The van der Waals surface area contributed by atoms with Crippen molar-refractivity contribution in [3.63, 3.8) is 0 Å². The van der Waals surface area contributed by atoms with Gasteiger partial charge in [-0.05, 0) is 23.8 Å². The average Bonchev–Trinajstić information content (AvgIpc) is 2.96. The lowest BCUT2D eigenvalue weighted by Crippen LogP contribution is -2.65. The Morgan fingerprint density at radius 3 is 2.62 bits per heavy atom. The summed E-state index contributed by atoms with van der Waals surface area (Å²) in [4.78, 5) is 12.2. The van der Waals surface area contributed by atoms with Crippen LogP contribution < -0.4 is 9.71 Å². The van der Waals surface area contributed by atoms with Gasteiger partial charge in [0.15, 0.2) is 19.3 Å². The highest BCUT2D eigenvalue weighted by molar-refractivity contribution is 7.89. The van der Waals surface area contributed by atoms with Crippen molar-refractivity contribution in [3.05, 3.63) is 59.9 Å². The van der Waals surface area contributed by atoms with E-state index in [9.17, 15) is 13.2 Å². The van der Waals surface area contributed by atoms with Crippen LogP contribution in [0.15, 0.2) is 53.6 Å². The number of ether oxygens (including phenoxy) is 1. The van der Waals surface area contributed by atoms with Gasteiger partial charge in [-0.25, -0.2) is 22.8 Å². The van der Waals surface area contributed by atoms with E-state index in [4.69, 9.17) is 9.88 Å². The Balaban J connectivity index is 1.60. The number of aromatic nitrogens is 1. The van der Waals surface area contributed by atoms with Crippen LogP contribution in [0.3, 0.4) is 0 Å². The van der Waals surface area contributed by atoms with E-state index in [1.807, 2.05) is 29.8 Å². The molecule has 2 unspecified atom stereocenters. The van der Waals surface area contributed by atoms with Crippen molar-refractivity contribution in [1.82, 2.24) is 0 Å². The molecule has 2 N–H and O–H groups in total. The molecule has 1 fully saturated rings. The maximum Gasteiger partial charge on any atom is 0.453 e. The third-order valence-corrected chi connectivity index (χ3v) is 6.48. The number of rotatable bonds is 4. The summed E-state index contributed by atoms with van der Waals surface area (Å²) in [5, 5.41) is 5.14. The Kier molecular flexibility index (Phi) is 3.69. The zero-order valence-electron chi connectivity index (χ0n) is 14.5. The Hall–Kier alpha value is -2.29. The molecule has 0 saturated carbocycles. The van der Waals surface area contributed by atoms with Crippen molar-refractivity contribution >= 4 is 16.0 Å². The van der Waals surface area contributed by atoms with Crippen LogP contribution >= 0.6 is 0 Å². The molecule has 1 aromatic carbocycles. The summed E-state index contributed by atoms with van der Waals surface area (Å²) in [5.74, 6) is -0.937. The minimum atomic E-state index is -3.69. The van der Waals surface area contributed by atoms with Crippen molar-refractivity contribution in [2.45, 2.75) is 30.6 Å². The van der Waals surface area contributed by atoms with Gasteiger partial charge in [0, 0.05) is 18.6 Å². The lowest BCUT2D eigenvalue weighted by molar-refractivity contribution is -1.10. The molecule has 0 radical (unpaired) electrons. The first-order valence-corrected chi connectivity index (χ1v) is 9.98. The lowest BCUT2D eigenvalue weighted by Gasteiger charge is -2.32. The highest BCUT2D eigenvalue weighted by Crippen LogP contribution is 2.40. The third kappa shape index (κ3) is 2.53. The molecule has 0 spiro atoms. The van der Waals surface area contributed by atoms with Gasteiger partial charge in [0.2, 0.25) is 15.7 Å². The van der Waals surface area contributed by atoms with Gasteiger partial charge in [-0.3, -0.25) is 0 Å². The summed E-state index contributed by atoms with van der Waals surface area (Å²) in [7, 11) is -3.69. The van der Waals surface area contributed by atoms with Gasteiger partial charge in [-0.2, -0.15) is 0 Å². The van der Waals surface area contributed by atoms with E-state index in [0.29, 0.717) is 24.0 Å². The highest BCUT2D eigenvalue weighted by Gasteiger charge is 2.70. The quantitative estimate of drug-likeness (QED) is 0.475. The summed E-state index contributed by atoms with van der Waals surface area (Å²) in [6, 6.07) is 12.5. The number of hydrogen-bond acceptors (Lipinski definition) is 4. The zero-order chi connectivity index (χ0) is 18.6. The molecule has 4 rings (SSSR count). The first-order chi connectivity index (χ1) is 12.2. The van der Waals surface area contributed by atoms with Crippen molar-refractivity contribution in [3.8, 4) is 0 Å². The lowest BCUT2D eigenvalue weighted by atomic mass is 10.1.